The third-order valence-electron chi connectivity index (χ3n) is 3.13. The maximum Gasteiger partial charge on any atom is 0.407 e. The lowest BCUT2D eigenvalue weighted by atomic mass is 10.0. The lowest BCUT2D eigenvalue weighted by molar-refractivity contribution is 0.0518. The number of halogens is 1. The van der Waals surface area contributed by atoms with E-state index >= 15 is 0 Å². The van der Waals surface area contributed by atoms with Gasteiger partial charge in [-0.3, -0.25) is 0 Å². The van der Waals surface area contributed by atoms with Gasteiger partial charge in [0.15, 0.2) is 0 Å². The van der Waals surface area contributed by atoms with Crippen LogP contribution in [0.4, 0.5) is 9.18 Å². The lowest BCUT2D eigenvalue weighted by Gasteiger charge is -2.19. The highest BCUT2D eigenvalue weighted by Gasteiger charge is 2.14. The highest BCUT2D eigenvalue weighted by Crippen LogP contribution is 2.13. The second kappa shape index (κ2) is 10.6. The maximum absolute atomic E-state index is 13.1. The molecule has 0 bridgehead atoms. The Labute approximate surface area is 155 Å². The summed E-state index contributed by atoms with van der Waals surface area (Å²) in [6.07, 6.45) is 0.297. The van der Waals surface area contributed by atoms with Gasteiger partial charge in [0, 0.05) is 6.54 Å². The highest BCUT2D eigenvalue weighted by molar-refractivity contribution is 5.67. The van der Waals surface area contributed by atoms with Crippen LogP contribution in [0.2, 0.25) is 0 Å². The zero-order valence-electron chi connectivity index (χ0n) is 15.9. The van der Waals surface area contributed by atoms with Gasteiger partial charge in [-0.05, 0) is 62.9 Å². The second-order valence-corrected chi connectivity index (χ2v) is 6.95. The fourth-order valence-corrected chi connectivity index (χ4v) is 2.22. The van der Waals surface area contributed by atoms with Crippen LogP contribution in [0.15, 0.2) is 48.5 Å². The summed E-state index contributed by atoms with van der Waals surface area (Å²) in [5.41, 5.74) is 2.74. The number of carbonyl (C=O) groups excluding carboxylic acids is 1. The summed E-state index contributed by atoms with van der Waals surface area (Å²) in [6.45, 7) is 7.42. The van der Waals surface area contributed by atoms with Gasteiger partial charge in [0.25, 0.3) is 0 Å². The van der Waals surface area contributed by atoms with E-state index in [0.717, 1.165) is 17.5 Å². The number of alkyl carbamates (subject to hydrolysis) is 1. The number of nitrogens with one attached hydrogen (secondary N) is 1. The normalized spacial score (nSPS) is 10.5. The predicted octanol–water partition coefficient (Wildman–Crippen LogP) is 4.23. The van der Waals surface area contributed by atoms with Gasteiger partial charge in [0.2, 0.25) is 0 Å². The Bertz CT molecular complexity index is 661. The molecule has 0 spiro atoms. The van der Waals surface area contributed by atoms with Gasteiger partial charge in [-0.1, -0.05) is 36.4 Å². The van der Waals surface area contributed by atoms with Gasteiger partial charge in [-0.2, -0.15) is 0 Å². The van der Waals surface area contributed by atoms with Crippen molar-refractivity contribution in [3.8, 4) is 0 Å². The molecule has 0 radical (unpaired) electrons. The van der Waals surface area contributed by atoms with E-state index in [-0.39, 0.29) is 19.0 Å². The van der Waals surface area contributed by atoms with E-state index in [4.69, 9.17) is 9.84 Å². The van der Waals surface area contributed by atoms with E-state index in [2.05, 4.69) is 17.4 Å². The quantitative estimate of drug-likeness (QED) is 0.857. The Morgan fingerprint density at radius 2 is 1.77 bits per heavy atom. The average Bonchev–Trinajstić information content (AvgIpc) is 2.52. The third-order valence-corrected chi connectivity index (χ3v) is 3.13. The fraction of sp³-hybridized carbons (Fsp3) is 0.381. The van der Waals surface area contributed by atoms with Crippen molar-refractivity contribution in [2.24, 2.45) is 0 Å². The van der Waals surface area contributed by atoms with Crippen LogP contribution in [0.5, 0.6) is 0 Å². The monoisotopic (exact) mass is 361 g/mol. The molecule has 1 amide bonds. The number of aliphatic hydroxyl groups excluding tert-OH is 1. The molecule has 0 aliphatic carbocycles. The van der Waals surface area contributed by atoms with E-state index in [1.807, 2.05) is 31.2 Å². The second-order valence-electron chi connectivity index (χ2n) is 6.95. The Kier molecular flexibility index (Phi) is 8.79. The predicted molar refractivity (Wildman–Crippen MR) is 102 cm³/mol. The smallest absolute Gasteiger partial charge is 0.407 e. The van der Waals surface area contributed by atoms with Crippen LogP contribution in [0.1, 0.15) is 37.5 Å². The van der Waals surface area contributed by atoms with Crippen molar-refractivity contribution in [1.29, 1.82) is 0 Å². The van der Waals surface area contributed by atoms with Crippen LogP contribution < -0.4 is 5.32 Å². The van der Waals surface area contributed by atoms with E-state index in [1.54, 1.807) is 32.9 Å². The number of rotatable bonds is 4. The molecule has 0 heterocycles. The van der Waals surface area contributed by atoms with Crippen molar-refractivity contribution in [1.82, 2.24) is 5.32 Å². The zero-order valence-corrected chi connectivity index (χ0v) is 15.9. The molecule has 2 aromatic carbocycles. The molecule has 142 valence electrons. The maximum atomic E-state index is 13.1. The van der Waals surface area contributed by atoms with E-state index < -0.39 is 11.7 Å². The molecule has 0 saturated heterocycles. The van der Waals surface area contributed by atoms with Gasteiger partial charge in [0.1, 0.15) is 11.4 Å². The van der Waals surface area contributed by atoms with Crippen molar-refractivity contribution >= 4 is 6.09 Å². The number of aliphatic hydroxyl groups is 1. The summed E-state index contributed by atoms with van der Waals surface area (Å²) in [6, 6.07) is 15.3. The summed E-state index contributed by atoms with van der Waals surface area (Å²) >= 11 is 0. The van der Waals surface area contributed by atoms with E-state index in [1.165, 1.54) is 5.56 Å². The van der Waals surface area contributed by atoms with Gasteiger partial charge in [0.05, 0.1) is 6.61 Å². The molecule has 0 aliphatic rings. The molecule has 26 heavy (non-hydrogen) atoms. The van der Waals surface area contributed by atoms with Crippen LogP contribution in [0.3, 0.4) is 0 Å². The molecule has 2 rings (SSSR count). The van der Waals surface area contributed by atoms with Crippen LogP contribution in [-0.4, -0.2) is 30.0 Å². The molecule has 0 atom stereocenters. The molecular weight excluding hydrogens is 333 g/mol. The van der Waals surface area contributed by atoms with Crippen LogP contribution in [0, 0.1) is 12.7 Å². The minimum atomic E-state index is -0.494. The van der Waals surface area contributed by atoms with Crippen molar-refractivity contribution in [3.63, 3.8) is 0 Å². The molecule has 0 aliphatic heterocycles. The highest BCUT2D eigenvalue weighted by atomic mass is 19.1. The van der Waals surface area contributed by atoms with Crippen molar-refractivity contribution in [2.75, 3.05) is 13.2 Å². The Hall–Kier alpha value is -2.40. The summed E-state index contributed by atoms with van der Waals surface area (Å²) in [5, 5.41) is 10.7. The van der Waals surface area contributed by atoms with Crippen LogP contribution >= 0.6 is 0 Å². The number of carbonyl (C=O) groups is 1. The Morgan fingerprint density at radius 1 is 1.12 bits per heavy atom. The number of ether oxygens (including phenoxy) is 1. The number of aryl methyl sites for hydroxylation is 1. The van der Waals surface area contributed by atoms with Crippen molar-refractivity contribution in [2.45, 2.75) is 39.7 Å². The first-order valence-electron chi connectivity index (χ1n) is 8.57. The minimum absolute atomic E-state index is 0.0702. The largest absolute Gasteiger partial charge is 0.444 e. The third kappa shape index (κ3) is 9.79. The molecule has 2 aromatic rings. The summed E-state index contributed by atoms with van der Waals surface area (Å²) in [5.74, 6) is -0.152. The first-order chi connectivity index (χ1) is 12.2. The number of hydrogen-bond acceptors (Lipinski definition) is 3. The SMILES string of the molecule is CC(C)(C)OC(=O)NCCO.Cc1cc(F)cc(Cc2ccccc2)c1. The minimum Gasteiger partial charge on any atom is -0.444 e. The summed E-state index contributed by atoms with van der Waals surface area (Å²) in [4.78, 5) is 10.8. The molecule has 4 nitrogen and oxygen atoms in total. The Balaban J connectivity index is 0.000000276. The molecule has 5 heteroatoms. The first kappa shape index (κ1) is 21.6. The number of hydrogen-bond donors (Lipinski definition) is 2. The lowest BCUT2D eigenvalue weighted by Crippen LogP contribution is -2.33. The summed E-state index contributed by atoms with van der Waals surface area (Å²) < 4.78 is 18.0. The molecule has 0 fully saturated rings. The standard InChI is InChI=1S/C14H13F.C7H15NO3/c1-11-7-13(10-14(15)8-11)9-12-5-3-2-4-6-12;1-7(2,3)11-6(10)8-4-5-9/h2-8,10H,9H2,1H3;9H,4-5H2,1-3H3,(H,8,10). The van der Waals surface area contributed by atoms with Gasteiger partial charge < -0.3 is 15.2 Å². The summed E-state index contributed by atoms with van der Waals surface area (Å²) in [7, 11) is 0. The van der Waals surface area contributed by atoms with E-state index in [9.17, 15) is 9.18 Å². The average molecular weight is 361 g/mol. The first-order valence-corrected chi connectivity index (χ1v) is 8.57. The molecule has 2 N–H and O–H groups in total. The topological polar surface area (TPSA) is 58.6 Å². The van der Waals surface area contributed by atoms with Gasteiger partial charge in [-0.25, -0.2) is 9.18 Å². The van der Waals surface area contributed by atoms with Crippen LogP contribution in [0.25, 0.3) is 0 Å². The van der Waals surface area contributed by atoms with Gasteiger partial charge in [-0.15, -0.1) is 0 Å². The number of amides is 1. The fourth-order valence-electron chi connectivity index (χ4n) is 2.22. The molecule has 0 saturated carbocycles. The van der Waals surface area contributed by atoms with Crippen molar-refractivity contribution in [3.05, 3.63) is 71.0 Å². The zero-order chi connectivity index (χ0) is 19.6. The number of benzene rings is 2. The van der Waals surface area contributed by atoms with E-state index in [0.29, 0.717) is 0 Å². The van der Waals surface area contributed by atoms with Crippen LogP contribution in [-0.2, 0) is 11.2 Å². The molecule has 0 aromatic heterocycles. The molecular formula is C21H28FNO3. The Morgan fingerprint density at radius 3 is 2.31 bits per heavy atom. The molecule has 0 unspecified atom stereocenters. The van der Waals surface area contributed by atoms with Gasteiger partial charge >= 0.3 is 6.09 Å². The van der Waals surface area contributed by atoms with Crippen molar-refractivity contribution < 1.29 is 19.0 Å².